The van der Waals surface area contributed by atoms with Gasteiger partial charge in [0.2, 0.25) is 21.7 Å². The summed E-state index contributed by atoms with van der Waals surface area (Å²) >= 11 is 0. The van der Waals surface area contributed by atoms with Gasteiger partial charge in [0, 0.05) is 24.0 Å². The summed E-state index contributed by atoms with van der Waals surface area (Å²) < 4.78 is 32.2. The molecule has 0 atom stereocenters. The number of hydrogen-bond acceptors (Lipinski definition) is 6. The van der Waals surface area contributed by atoms with Gasteiger partial charge in [0.25, 0.3) is 0 Å². The van der Waals surface area contributed by atoms with E-state index in [1.54, 1.807) is 30.5 Å². The summed E-state index contributed by atoms with van der Waals surface area (Å²) in [6.07, 6.45) is 4.10. The summed E-state index contributed by atoms with van der Waals surface area (Å²) in [6, 6.07) is 12.6. The van der Waals surface area contributed by atoms with Crippen molar-refractivity contribution in [2.75, 3.05) is 13.1 Å². The Balaban J connectivity index is 1.34. The molecule has 1 fully saturated rings. The summed E-state index contributed by atoms with van der Waals surface area (Å²) in [4.78, 5) is 4.74. The Labute approximate surface area is 167 Å². The first-order valence-corrected chi connectivity index (χ1v) is 10.9. The summed E-state index contributed by atoms with van der Waals surface area (Å²) in [5, 5.41) is 12.0. The average Bonchev–Trinajstić information content (AvgIpc) is 3.49. The normalized spacial score (nSPS) is 15.3. The van der Waals surface area contributed by atoms with Crippen LogP contribution in [0.15, 0.2) is 58.1 Å². The van der Waals surface area contributed by atoms with Crippen LogP contribution in [0.25, 0.3) is 22.3 Å². The Bertz CT molecular complexity index is 1250. The summed E-state index contributed by atoms with van der Waals surface area (Å²) in [7, 11) is -3.43. The molecule has 148 valence electrons. The molecule has 0 unspecified atom stereocenters. The first kappa shape index (κ1) is 18.0. The molecule has 2 aromatic carbocycles. The highest BCUT2D eigenvalue weighted by Gasteiger charge is 2.27. The van der Waals surface area contributed by atoms with E-state index >= 15 is 0 Å². The minimum atomic E-state index is -3.43. The Kier molecular flexibility index (Phi) is 4.40. The maximum atomic E-state index is 12.6. The van der Waals surface area contributed by atoms with E-state index in [0.717, 1.165) is 29.3 Å². The van der Waals surface area contributed by atoms with Crippen LogP contribution in [0.1, 0.15) is 24.3 Å². The van der Waals surface area contributed by atoms with Crippen LogP contribution in [-0.4, -0.2) is 46.2 Å². The Hall–Kier alpha value is -3.04. The van der Waals surface area contributed by atoms with Gasteiger partial charge in [-0.25, -0.2) is 8.42 Å². The monoisotopic (exact) mass is 409 g/mol. The van der Waals surface area contributed by atoms with Crippen LogP contribution in [0.4, 0.5) is 0 Å². The predicted molar refractivity (Wildman–Crippen MR) is 107 cm³/mol. The highest BCUT2D eigenvalue weighted by atomic mass is 32.2. The smallest absolute Gasteiger partial charge is 0.243 e. The van der Waals surface area contributed by atoms with E-state index in [1.807, 2.05) is 18.2 Å². The van der Waals surface area contributed by atoms with Crippen molar-refractivity contribution < 1.29 is 12.9 Å². The van der Waals surface area contributed by atoms with Crippen LogP contribution in [0.3, 0.4) is 0 Å². The van der Waals surface area contributed by atoms with Crippen molar-refractivity contribution >= 4 is 20.9 Å². The summed E-state index contributed by atoms with van der Waals surface area (Å²) in [5.74, 6) is 0.931. The van der Waals surface area contributed by atoms with Crippen molar-refractivity contribution in [1.29, 1.82) is 0 Å². The number of aromatic amines is 1. The van der Waals surface area contributed by atoms with E-state index in [0.29, 0.717) is 41.7 Å². The fraction of sp³-hybridized carbons (Fsp3) is 0.250. The Morgan fingerprint density at radius 2 is 1.86 bits per heavy atom. The zero-order valence-electron chi connectivity index (χ0n) is 15.6. The molecule has 0 aliphatic carbocycles. The number of fused-ring (bicyclic) bond motifs is 1. The van der Waals surface area contributed by atoms with Crippen LogP contribution < -0.4 is 0 Å². The maximum absolute atomic E-state index is 12.6. The first-order valence-electron chi connectivity index (χ1n) is 9.45. The van der Waals surface area contributed by atoms with Crippen LogP contribution in [-0.2, 0) is 16.4 Å². The molecule has 3 heterocycles. The summed E-state index contributed by atoms with van der Waals surface area (Å²) in [6.45, 7) is 1.17. The lowest BCUT2D eigenvalue weighted by Crippen LogP contribution is -2.27. The van der Waals surface area contributed by atoms with E-state index in [4.69, 9.17) is 4.52 Å². The zero-order chi connectivity index (χ0) is 19.8. The number of aromatic nitrogens is 4. The van der Waals surface area contributed by atoms with E-state index < -0.39 is 10.0 Å². The molecule has 29 heavy (non-hydrogen) atoms. The molecule has 0 radical (unpaired) electrons. The van der Waals surface area contributed by atoms with E-state index in [9.17, 15) is 8.42 Å². The second-order valence-corrected chi connectivity index (χ2v) is 9.05. The van der Waals surface area contributed by atoms with Gasteiger partial charge in [-0.1, -0.05) is 17.3 Å². The molecule has 8 nitrogen and oxygen atoms in total. The van der Waals surface area contributed by atoms with Crippen LogP contribution in [0.2, 0.25) is 0 Å². The lowest BCUT2D eigenvalue weighted by atomic mass is 10.1. The Morgan fingerprint density at radius 3 is 2.66 bits per heavy atom. The van der Waals surface area contributed by atoms with Gasteiger partial charge in [0.05, 0.1) is 23.0 Å². The zero-order valence-corrected chi connectivity index (χ0v) is 16.4. The number of rotatable bonds is 5. The molecule has 1 saturated heterocycles. The first-order chi connectivity index (χ1) is 14.1. The van der Waals surface area contributed by atoms with Gasteiger partial charge in [0.15, 0.2) is 0 Å². The third kappa shape index (κ3) is 3.43. The van der Waals surface area contributed by atoms with Gasteiger partial charge in [0.1, 0.15) is 0 Å². The van der Waals surface area contributed by atoms with E-state index in [1.165, 1.54) is 4.31 Å². The molecule has 0 spiro atoms. The molecule has 1 N–H and O–H groups in total. The molecule has 0 bridgehead atoms. The van der Waals surface area contributed by atoms with Gasteiger partial charge < -0.3 is 4.52 Å². The minimum absolute atomic E-state index is 0.291. The third-order valence-electron chi connectivity index (χ3n) is 5.15. The topological polar surface area (TPSA) is 105 Å². The molecule has 9 heteroatoms. The lowest BCUT2D eigenvalue weighted by molar-refractivity contribution is 0.386. The number of H-pyrrole nitrogens is 1. The van der Waals surface area contributed by atoms with Crippen molar-refractivity contribution in [2.24, 2.45) is 0 Å². The van der Waals surface area contributed by atoms with Gasteiger partial charge in [-0.2, -0.15) is 14.4 Å². The minimum Gasteiger partial charge on any atom is -0.339 e. The van der Waals surface area contributed by atoms with Crippen molar-refractivity contribution in [2.45, 2.75) is 24.2 Å². The van der Waals surface area contributed by atoms with E-state index in [-0.39, 0.29) is 0 Å². The standard InChI is InChI=1S/C20H19N5O3S/c26-29(27,25-9-1-2-10-25)17-7-5-15(6-8-17)20-22-19(28-24-20)12-14-3-4-16-13-21-23-18(16)11-14/h3-8,11,13H,1-2,9-10,12H2,(H,21,23). The average molecular weight is 409 g/mol. The molecule has 0 saturated carbocycles. The van der Waals surface area contributed by atoms with Gasteiger partial charge in [-0.3, -0.25) is 5.10 Å². The SMILES string of the molecule is O=S(=O)(c1ccc(-c2noc(Cc3ccc4cn[nH]c4c3)n2)cc1)N1CCCC1. The fourth-order valence-corrected chi connectivity index (χ4v) is 5.08. The van der Waals surface area contributed by atoms with Crippen LogP contribution in [0.5, 0.6) is 0 Å². The maximum Gasteiger partial charge on any atom is 0.243 e. The van der Waals surface area contributed by atoms with Crippen LogP contribution in [0, 0.1) is 0 Å². The number of nitrogens with one attached hydrogen (secondary N) is 1. The molecule has 1 aliphatic heterocycles. The molecule has 0 amide bonds. The number of nitrogens with zero attached hydrogens (tertiary/aromatic N) is 4. The second-order valence-electron chi connectivity index (χ2n) is 7.12. The number of hydrogen-bond donors (Lipinski definition) is 1. The molecule has 2 aromatic heterocycles. The van der Waals surface area contributed by atoms with Crippen molar-refractivity contribution in [3.8, 4) is 11.4 Å². The lowest BCUT2D eigenvalue weighted by Gasteiger charge is -2.15. The summed E-state index contributed by atoms with van der Waals surface area (Å²) in [5.41, 5.74) is 2.70. The van der Waals surface area contributed by atoms with Gasteiger partial charge >= 0.3 is 0 Å². The van der Waals surface area contributed by atoms with Gasteiger partial charge in [-0.15, -0.1) is 0 Å². The van der Waals surface area contributed by atoms with E-state index in [2.05, 4.69) is 20.3 Å². The van der Waals surface area contributed by atoms with Gasteiger partial charge in [-0.05, 0) is 48.7 Å². The Morgan fingerprint density at radius 1 is 1.07 bits per heavy atom. The molecule has 1 aliphatic rings. The largest absolute Gasteiger partial charge is 0.339 e. The number of sulfonamides is 1. The van der Waals surface area contributed by atoms with Crippen molar-refractivity contribution in [3.63, 3.8) is 0 Å². The molecular formula is C20H19N5O3S. The number of benzene rings is 2. The predicted octanol–water partition coefficient (Wildman–Crippen LogP) is 2.99. The second kappa shape index (κ2) is 7.09. The molecule has 5 rings (SSSR count). The molecular weight excluding hydrogens is 390 g/mol. The fourth-order valence-electron chi connectivity index (χ4n) is 3.57. The highest BCUT2D eigenvalue weighted by molar-refractivity contribution is 7.89. The van der Waals surface area contributed by atoms with Crippen molar-refractivity contribution in [1.82, 2.24) is 24.6 Å². The van der Waals surface area contributed by atoms with Crippen LogP contribution >= 0.6 is 0 Å². The highest BCUT2D eigenvalue weighted by Crippen LogP contribution is 2.24. The third-order valence-corrected chi connectivity index (χ3v) is 7.06. The molecule has 4 aromatic rings. The van der Waals surface area contributed by atoms with Crippen molar-refractivity contribution in [3.05, 3.63) is 60.1 Å². The quantitative estimate of drug-likeness (QED) is 0.543.